The van der Waals surface area contributed by atoms with Crippen LogP contribution in [0, 0.1) is 11.8 Å². The largest absolute Gasteiger partial charge is 0.495 e. The summed E-state index contributed by atoms with van der Waals surface area (Å²) in [6.45, 7) is 4.29. The quantitative estimate of drug-likeness (QED) is 0.655. The van der Waals surface area contributed by atoms with Crippen LogP contribution in [-0.2, 0) is 6.54 Å². The van der Waals surface area contributed by atoms with E-state index in [0.717, 1.165) is 39.6 Å². The number of hydrogen-bond acceptors (Lipinski definition) is 2. The molecule has 0 saturated heterocycles. The lowest BCUT2D eigenvalue weighted by atomic mass is 9.81. The van der Waals surface area contributed by atoms with Gasteiger partial charge in [0.2, 0.25) is 0 Å². The Labute approximate surface area is 145 Å². The summed E-state index contributed by atoms with van der Waals surface area (Å²) >= 11 is 7.10. The Balaban J connectivity index is 1.84. The average molecular weight is 419 g/mol. The number of nitrogens with one attached hydrogen (secondary N) is 1. The van der Waals surface area contributed by atoms with E-state index in [4.69, 9.17) is 4.74 Å². The summed E-state index contributed by atoms with van der Waals surface area (Å²) in [6.07, 6.45) is 6.93. The fraction of sp³-hybridized carbons (Fsp3) is 0.647. The topological polar surface area (TPSA) is 21.3 Å². The van der Waals surface area contributed by atoms with E-state index >= 15 is 0 Å². The van der Waals surface area contributed by atoms with Crippen molar-refractivity contribution in [3.05, 3.63) is 26.6 Å². The van der Waals surface area contributed by atoms with Gasteiger partial charge in [-0.3, -0.25) is 0 Å². The van der Waals surface area contributed by atoms with Crippen LogP contribution >= 0.6 is 31.9 Å². The minimum atomic E-state index is 0.842. The molecule has 0 aromatic heterocycles. The molecule has 1 N–H and O–H groups in total. The van der Waals surface area contributed by atoms with Gasteiger partial charge in [0.25, 0.3) is 0 Å². The third-order valence-corrected chi connectivity index (χ3v) is 5.63. The highest BCUT2D eigenvalue weighted by Gasteiger charge is 2.19. The highest BCUT2D eigenvalue weighted by molar-refractivity contribution is 9.11. The predicted molar refractivity (Wildman–Crippen MR) is 95.8 cm³/mol. The number of benzene rings is 1. The number of methoxy groups -OCH3 is 1. The highest BCUT2D eigenvalue weighted by Crippen LogP contribution is 2.33. The van der Waals surface area contributed by atoms with Crippen LogP contribution in [0.5, 0.6) is 5.75 Å². The molecule has 0 spiro atoms. The lowest BCUT2D eigenvalue weighted by Crippen LogP contribution is -2.26. The molecule has 1 aromatic rings. The second-order valence-electron chi connectivity index (χ2n) is 6.01. The van der Waals surface area contributed by atoms with Gasteiger partial charge in [-0.1, -0.05) is 42.1 Å². The van der Waals surface area contributed by atoms with E-state index in [1.54, 1.807) is 7.11 Å². The molecule has 2 nitrogen and oxygen atoms in total. The molecule has 0 atom stereocenters. The van der Waals surface area contributed by atoms with Crippen molar-refractivity contribution in [1.29, 1.82) is 0 Å². The molecule has 1 fully saturated rings. The fourth-order valence-corrected chi connectivity index (χ4v) is 4.70. The molecule has 0 bridgehead atoms. The van der Waals surface area contributed by atoms with Gasteiger partial charge in [0.15, 0.2) is 0 Å². The van der Waals surface area contributed by atoms with Crippen LogP contribution in [0.3, 0.4) is 0 Å². The molecule has 2 rings (SSSR count). The SMILES string of the molecule is CCC1CCC(CNCc2cc(Br)cc(Br)c2OC)CC1. The molecule has 0 unspecified atom stereocenters. The summed E-state index contributed by atoms with van der Waals surface area (Å²) in [5, 5.41) is 3.61. The number of hydrogen-bond donors (Lipinski definition) is 1. The van der Waals surface area contributed by atoms with E-state index in [9.17, 15) is 0 Å². The Morgan fingerprint density at radius 1 is 1.14 bits per heavy atom. The van der Waals surface area contributed by atoms with Crippen molar-refractivity contribution in [3.63, 3.8) is 0 Å². The van der Waals surface area contributed by atoms with Crippen LogP contribution in [0.15, 0.2) is 21.1 Å². The molecule has 0 amide bonds. The first-order valence-electron chi connectivity index (χ1n) is 7.86. The second-order valence-corrected chi connectivity index (χ2v) is 7.78. The normalized spacial score (nSPS) is 22.3. The summed E-state index contributed by atoms with van der Waals surface area (Å²) in [6, 6.07) is 4.15. The van der Waals surface area contributed by atoms with Crippen LogP contribution in [0.1, 0.15) is 44.6 Å². The maximum Gasteiger partial charge on any atom is 0.137 e. The van der Waals surface area contributed by atoms with Crippen molar-refractivity contribution in [2.24, 2.45) is 11.8 Å². The van der Waals surface area contributed by atoms with Crippen molar-refractivity contribution in [2.75, 3.05) is 13.7 Å². The highest BCUT2D eigenvalue weighted by atomic mass is 79.9. The maximum atomic E-state index is 5.49. The molecular weight excluding hydrogens is 394 g/mol. The van der Waals surface area contributed by atoms with Crippen molar-refractivity contribution in [1.82, 2.24) is 5.32 Å². The Bertz CT molecular complexity index is 456. The van der Waals surface area contributed by atoms with Crippen LogP contribution in [0.25, 0.3) is 0 Å². The van der Waals surface area contributed by atoms with E-state index in [2.05, 4.69) is 50.2 Å². The predicted octanol–water partition coefficient (Wildman–Crippen LogP) is 5.53. The zero-order valence-electron chi connectivity index (χ0n) is 12.9. The molecule has 118 valence electrons. The number of ether oxygens (including phenoxy) is 1. The Kier molecular flexibility index (Phi) is 7.03. The maximum absolute atomic E-state index is 5.49. The first kappa shape index (κ1) is 17.3. The van der Waals surface area contributed by atoms with Gasteiger partial charge >= 0.3 is 0 Å². The number of rotatable bonds is 6. The molecular formula is C17H25Br2NO. The van der Waals surface area contributed by atoms with Crippen LogP contribution in [-0.4, -0.2) is 13.7 Å². The van der Waals surface area contributed by atoms with Gasteiger partial charge in [-0.25, -0.2) is 0 Å². The third kappa shape index (κ3) is 4.97. The summed E-state index contributed by atoms with van der Waals surface area (Å²) in [5.74, 6) is 2.75. The van der Waals surface area contributed by atoms with Crippen molar-refractivity contribution in [2.45, 2.75) is 45.6 Å². The molecule has 0 radical (unpaired) electrons. The van der Waals surface area contributed by atoms with E-state index in [-0.39, 0.29) is 0 Å². The van der Waals surface area contributed by atoms with E-state index in [0.29, 0.717) is 0 Å². The zero-order valence-corrected chi connectivity index (χ0v) is 16.1. The van der Waals surface area contributed by atoms with Crippen LogP contribution in [0.4, 0.5) is 0 Å². The molecule has 0 heterocycles. The first-order chi connectivity index (χ1) is 10.1. The smallest absolute Gasteiger partial charge is 0.137 e. The molecule has 4 heteroatoms. The van der Waals surface area contributed by atoms with E-state index in [1.165, 1.54) is 37.7 Å². The first-order valence-corrected chi connectivity index (χ1v) is 9.45. The monoisotopic (exact) mass is 417 g/mol. The van der Waals surface area contributed by atoms with Crippen molar-refractivity contribution >= 4 is 31.9 Å². The summed E-state index contributed by atoms with van der Waals surface area (Å²) in [5.41, 5.74) is 1.20. The Morgan fingerprint density at radius 3 is 2.43 bits per heavy atom. The molecule has 0 aliphatic heterocycles. The van der Waals surface area contributed by atoms with Crippen molar-refractivity contribution in [3.8, 4) is 5.75 Å². The van der Waals surface area contributed by atoms with E-state index < -0.39 is 0 Å². The Morgan fingerprint density at radius 2 is 1.81 bits per heavy atom. The van der Waals surface area contributed by atoms with Gasteiger partial charge in [0, 0.05) is 16.6 Å². The fourth-order valence-electron chi connectivity index (χ4n) is 3.23. The molecule has 1 saturated carbocycles. The van der Waals surface area contributed by atoms with Crippen LogP contribution in [0.2, 0.25) is 0 Å². The molecule has 1 aliphatic rings. The lowest BCUT2D eigenvalue weighted by Gasteiger charge is -2.28. The van der Waals surface area contributed by atoms with Gasteiger partial charge in [-0.05, 0) is 59.3 Å². The van der Waals surface area contributed by atoms with Gasteiger partial charge in [-0.15, -0.1) is 0 Å². The van der Waals surface area contributed by atoms with Gasteiger partial charge in [-0.2, -0.15) is 0 Å². The summed E-state index contributed by atoms with van der Waals surface area (Å²) < 4.78 is 7.57. The molecule has 1 aliphatic carbocycles. The van der Waals surface area contributed by atoms with Gasteiger partial charge in [0.1, 0.15) is 5.75 Å². The molecule has 1 aromatic carbocycles. The number of halogens is 2. The minimum absolute atomic E-state index is 0.842. The van der Waals surface area contributed by atoms with Gasteiger partial charge < -0.3 is 10.1 Å². The van der Waals surface area contributed by atoms with Crippen molar-refractivity contribution < 1.29 is 4.74 Å². The third-order valence-electron chi connectivity index (χ3n) is 4.58. The average Bonchev–Trinajstić information content (AvgIpc) is 2.47. The zero-order chi connectivity index (χ0) is 15.2. The lowest BCUT2D eigenvalue weighted by molar-refractivity contribution is 0.262. The van der Waals surface area contributed by atoms with Gasteiger partial charge in [0.05, 0.1) is 11.6 Å². The van der Waals surface area contributed by atoms with Crippen LogP contribution < -0.4 is 10.1 Å². The van der Waals surface area contributed by atoms with E-state index in [1.807, 2.05) is 6.07 Å². The second kappa shape index (κ2) is 8.54. The minimum Gasteiger partial charge on any atom is -0.495 e. The Hall–Kier alpha value is -0.0600. The summed E-state index contributed by atoms with van der Waals surface area (Å²) in [4.78, 5) is 0. The molecule has 21 heavy (non-hydrogen) atoms. The standard InChI is InChI=1S/C17H25Br2NO/c1-3-12-4-6-13(7-5-12)10-20-11-14-8-15(18)9-16(19)17(14)21-2/h8-9,12-13,20H,3-7,10-11H2,1-2H3. The summed E-state index contributed by atoms with van der Waals surface area (Å²) in [7, 11) is 1.73.